The van der Waals surface area contributed by atoms with Crippen molar-refractivity contribution in [3.8, 4) is 5.75 Å². The number of sulfonamides is 1. The first-order chi connectivity index (χ1) is 15.9. The molecule has 170 valence electrons. The van der Waals surface area contributed by atoms with E-state index < -0.39 is 10.0 Å². The van der Waals surface area contributed by atoms with Crippen LogP contribution in [-0.2, 0) is 10.0 Å². The standard InChI is InChI=1S/C25H25N3O4S/c1-3-33(30,31)27-21-14-12-18(13-15-21)23-17-24(19-8-5-4-6-9-19)28(26-23)25(29)20-10-7-11-22(16-20)32-2/h4-16,24,27H,3,17H2,1-2H3/t24-/m0/s1. The summed E-state index contributed by atoms with van der Waals surface area (Å²) in [5.74, 6) is 0.386. The van der Waals surface area contributed by atoms with E-state index in [4.69, 9.17) is 4.74 Å². The van der Waals surface area contributed by atoms with Crippen LogP contribution in [0.1, 0.15) is 40.9 Å². The van der Waals surface area contributed by atoms with Crippen molar-refractivity contribution in [2.24, 2.45) is 5.10 Å². The number of carbonyl (C=O) groups excluding carboxylic acids is 1. The van der Waals surface area contributed by atoms with Crippen LogP contribution in [0.2, 0.25) is 0 Å². The second-order valence-electron chi connectivity index (χ2n) is 7.64. The largest absolute Gasteiger partial charge is 0.497 e. The van der Waals surface area contributed by atoms with Crippen LogP contribution in [0.25, 0.3) is 0 Å². The van der Waals surface area contributed by atoms with Crippen LogP contribution in [0.5, 0.6) is 5.75 Å². The monoisotopic (exact) mass is 463 g/mol. The van der Waals surface area contributed by atoms with Crippen molar-refractivity contribution in [1.29, 1.82) is 0 Å². The van der Waals surface area contributed by atoms with Crippen molar-refractivity contribution < 1.29 is 17.9 Å². The minimum absolute atomic E-state index is 0.00155. The number of methoxy groups -OCH3 is 1. The van der Waals surface area contributed by atoms with Crippen molar-refractivity contribution in [2.75, 3.05) is 17.6 Å². The number of hydrogen-bond acceptors (Lipinski definition) is 5. The third-order valence-corrected chi connectivity index (χ3v) is 6.80. The maximum absolute atomic E-state index is 13.4. The molecule has 0 aliphatic carbocycles. The molecule has 1 aliphatic heterocycles. The summed E-state index contributed by atoms with van der Waals surface area (Å²) in [6.45, 7) is 1.58. The maximum Gasteiger partial charge on any atom is 0.274 e. The molecule has 33 heavy (non-hydrogen) atoms. The summed E-state index contributed by atoms with van der Waals surface area (Å²) in [5.41, 5.74) is 3.55. The average molecular weight is 464 g/mol. The first-order valence-electron chi connectivity index (χ1n) is 10.6. The minimum atomic E-state index is -3.35. The fourth-order valence-electron chi connectivity index (χ4n) is 3.68. The van der Waals surface area contributed by atoms with Crippen molar-refractivity contribution in [2.45, 2.75) is 19.4 Å². The summed E-state index contributed by atoms with van der Waals surface area (Å²) >= 11 is 0. The lowest BCUT2D eigenvalue weighted by Gasteiger charge is -2.22. The van der Waals surface area contributed by atoms with Gasteiger partial charge in [0.15, 0.2) is 0 Å². The number of anilines is 1. The molecule has 1 amide bonds. The second kappa shape index (κ2) is 9.46. The van der Waals surface area contributed by atoms with Gasteiger partial charge in [-0.05, 0) is 48.4 Å². The molecular weight excluding hydrogens is 438 g/mol. The van der Waals surface area contributed by atoms with Gasteiger partial charge in [-0.3, -0.25) is 9.52 Å². The Morgan fingerprint density at radius 1 is 1.06 bits per heavy atom. The number of hydrazone groups is 1. The van der Waals surface area contributed by atoms with E-state index in [1.165, 1.54) is 5.01 Å². The van der Waals surface area contributed by atoms with E-state index in [1.807, 2.05) is 42.5 Å². The summed E-state index contributed by atoms with van der Waals surface area (Å²) in [7, 11) is -1.79. The van der Waals surface area contributed by atoms with Gasteiger partial charge in [0, 0.05) is 17.7 Å². The van der Waals surface area contributed by atoms with Gasteiger partial charge in [0.2, 0.25) is 10.0 Å². The average Bonchev–Trinajstić information content (AvgIpc) is 3.30. The number of hydrogen-bond donors (Lipinski definition) is 1. The van der Waals surface area contributed by atoms with Crippen LogP contribution in [0.4, 0.5) is 5.69 Å². The number of amides is 1. The normalized spacial score (nSPS) is 15.8. The first-order valence-corrected chi connectivity index (χ1v) is 12.3. The van der Waals surface area contributed by atoms with Gasteiger partial charge in [-0.25, -0.2) is 13.4 Å². The minimum Gasteiger partial charge on any atom is -0.497 e. The Labute approximate surface area is 193 Å². The Balaban J connectivity index is 1.66. The molecule has 1 N–H and O–H groups in total. The summed E-state index contributed by atoms with van der Waals surface area (Å²) in [4.78, 5) is 13.4. The zero-order chi connectivity index (χ0) is 23.4. The van der Waals surface area contributed by atoms with E-state index in [0.717, 1.165) is 16.8 Å². The molecule has 1 heterocycles. The van der Waals surface area contributed by atoms with Crippen LogP contribution in [0.15, 0.2) is 84.0 Å². The van der Waals surface area contributed by atoms with Gasteiger partial charge in [-0.1, -0.05) is 48.5 Å². The molecule has 0 spiro atoms. The molecule has 0 unspecified atom stereocenters. The second-order valence-corrected chi connectivity index (χ2v) is 9.65. The summed E-state index contributed by atoms with van der Waals surface area (Å²) in [5, 5.41) is 6.21. The Morgan fingerprint density at radius 2 is 1.79 bits per heavy atom. The molecule has 8 heteroatoms. The van der Waals surface area contributed by atoms with Crippen LogP contribution in [0, 0.1) is 0 Å². The Kier molecular flexibility index (Phi) is 6.46. The van der Waals surface area contributed by atoms with E-state index in [9.17, 15) is 13.2 Å². The lowest BCUT2D eigenvalue weighted by atomic mass is 9.98. The molecule has 0 fully saturated rings. The summed E-state index contributed by atoms with van der Waals surface area (Å²) in [6.07, 6.45) is 0.541. The predicted octanol–water partition coefficient (Wildman–Crippen LogP) is 4.45. The van der Waals surface area contributed by atoms with Crippen molar-refractivity contribution in [1.82, 2.24) is 5.01 Å². The highest BCUT2D eigenvalue weighted by Crippen LogP contribution is 2.34. The summed E-state index contributed by atoms with van der Waals surface area (Å²) in [6, 6.07) is 23.6. The smallest absolute Gasteiger partial charge is 0.274 e. The Morgan fingerprint density at radius 3 is 2.45 bits per heavy atom. The number of rotatable bonds is 7. The summed E-state index contributed by atoms with van der Waals surface area (Å²) < 4.78 is 31.4. The van der Waals surface area contributed by atoms with E-state index in [2.05, 4.69) is 9.82 Å². The lowest BCUT2D eigenvalue weighted by molar-refractivity contribution is 0.0711. The van der Waals surface area contributed by atoms with Gasteiger partial charge in [-0.15, -0.1) is 0 Å². The number of carbonyl (C=O) groups is 1. The third-order valence-electron chi connectivity index (χ3n) is 5.49. The molecule has 0 saturated carbocycles. The van der Waals surface area contributed by atoms with E-state index in [-0.39, 0.29) is 17.7 Å². The highest BCUT2D eigenvalue weighted by Gasteiger charge is 2.33. The van der Waals surface area contributed by atoms with Crippen LogP contribution < -0.4 is 9.46 Å². The van der Waals surface area contributed by atoms with Crippen molar-refractivity contribution in [3.63, 3.8) is 0 Å². The fraction of sp³-hybridized carbons (Fsp3) is 0.200. The maximum atomic E-state index is 13.4. The molecule has 3 aromatic rings. The zero-order valence-electron chi connectivity index (χ0n) is 18.4. The van der Waals surface area contributed by atoms with Gasteiger partial charge >= 0.3 is 0 Å². The van der Waals surface area contributed by atoms with Crippen molar-refractivity contribution >= 4 is 27.3 Å². The highest BCUT2D eigenvalue weighted by atomic mass is 32.2. The molecule has 0 radical (unpaired) electrons. The molecule has 4 rings (SSSR count). The van der Waals surface area contributed by atoms with Gasteiger partial charge in [0.25, 0.3) is 5.91 Å². The SMILES string of the molecule is CCS(=O)(=O)Nc1ccc(C2=NN(C(=O)c3cccc(OC)c3)[C@H](c3ccccc3)C2)cc1. The van der Waals surface area contributed by atoms with Gasteiger partial charge < -0.3 is 4.74 Å². The molecule has 3 aromatic carbocycles. The third kappa shape index (κ3) is 5.06. The zero-order valence-corrected chi connectivity index (χ0v) is 19.2. The van der Waals surface area contributed by atoms with Crippen LogP contribution in [0.3, 0.4) is 0 Å². The molecular formula is C25H25N3O4S. The molecule has 0 bridgehead atoms. The van der Waals surface area contributed by atoms with Gasteiger partial charge in [0.1, 0.15) is 5.75 Å². The number of benzene rings is 3. The fourth-order valence-corrected chi connectivity index (χ4v) is 4.32. The highest BCUT2D eigenvalue weighted by molar-refractivity contribution is 7.92. The van der Waals surface area contributed by atoms with Gasteiger partial charge in [-0.2, -0.15) is 5.10 Å². The van der Waals surface area contributed by atoms with Crippen LogP contribution >= 0.6 is 0 Å². The molecule has 1 aliphatic rings. The topological polar surface area (TPSA) is 88.1 Å². The number of nitrogens with zero attached hydrogens (tertiary/aromatic N) is 2. The van der Waals surface area contributed by atoms with E-state index in [0.29, 0.717) is 23.4 Å². The van der Waals surface area contributed by atoms with E-state index >= 15 is 0 Å². The quantitative estimate of drug-likeness (QED) is 0.561. The van der Waals surface area contributed by atoms with Gasteiger partial charge in [0.05, 0.1) is 24.6 Å². The number of nitrogens with one attached hydrogen (secondary N) is 1. The molecule has 0 aromatic heterocycles. The number of ether oxygens (including phenoxy) is 1. The lowest BCUT2D eigenvalue weighted by Crippen LogP contribution is -2.27. The predicted molar refractivity (Wildman–Crippen MR) is 129 cm³/mol. The van der Waals surface area contributed by atoms with Crippen LogP contribution in [-0.4, -0.2) is 37.9 Å². The van der Waals surface area contributed by atoms with Crippen molar-refractivity contribution in [3.05, 3.63) is 95.6 Å². The Hall–Kier alpha value is -3.65. The molecule has 1 atom stereocenters. The Bertz CT molecular complexity index is 1270. The molecule has 7 nitrogen and oxygen atoms in total. The molecule has 0 saturated heterocycles. The first kappa shape index (κ1) is 22.5. The van der Waals surface area contributed by atoms with E-state index in [1.54, 1.807) is 50.4 Å².